The Morgan fingerprint density at radius 2 is 1.70 bits per heavy atom. The number of allylic oxidation sites excluding steroid dienone is 1. The van der Waals surface area contributed by atoms with Crippen LogP contribution in [0.4, 0.5) is 0 Å². The number of aliphatic hydroxyl groups is 3. The van der Waals surface area contributed by atoms with E-state index in [0.717, 1.165) is 5.57 Å². The lowest BCUT2D eigenvalue weighted by Gasteiger charge is -2.64. The summed E-state index contributed by atoms with van der Waals surface area (Å²) < 4.78 is 3.20. The first-order valence-corrected chi connectivity index (χ1v) is 15.1. The minimum Gasteiger partial charge on any atom is -0.456 e. The number of rotatable bonds is 5. The fourth-order valence-electron chi connectivity index (χ4n) is 8.99. The van der Waals surface area contributed by atoms with E-state index in [0.29, 0.717) is 12.8 Å². The van der Waals surface area contributed by atoms with Crippen molar-refractivity contribution < 1.29 is 39.2 Å². The Labute approximate surface area is 250 Å². The summed E-state index contributed by atoms with van der Waals surface area (Å²) in [7, 11) is 0. The molecule has 0 bridgehead atoms. The second-order valence-electron chi connectivity index (χ2n) is 14.3. The summed E-state index contributed by atoms with van der Waals surface area (Å²) in [4.78, 5) is 52.1. The smallest absolute Gasteiger partial charge is 0.303 e. The molecule has 0 radical (unpaired) electrons. The highest BCUT2D eigenvalue weighted by molar-refractivity contribution is 14.1. The standard InChI is InChI=1S/C31H43IO8/c1-16(33)40-26(2,3)12-11-22(36)31(32,39)24-20(35)14-28(6)21-10-9-17-18(13-19(34)25(38)27(17,4)5)30(21,8)23(37)15-29(24,28)7/h9,11-12,18,20-21,24-25,35,38-39H,10,13-15H2,1-8H3/b12-11+/t18-,20-,21+,24+,25-,28+,29-,30+,31+/m1/s1. The van der Waals surface area contributed by atoms with Gasteiger partial charge in [0.2, 0.25) is 0 Å². The SMILES string of the molecule is CC(=O)OC(C)(C)/C=C/C(=O)[C@@](O)(I)[C@H]1[C@H](O)C[C@@]2(C)[C@@H]3CC=C4[C@@H](CC(=O)[C@@H](O)C4(C)C)[C@]3(C)C(=O)C[C@]12C. The van der Waals surface area contributed by atoms with E-state index in [1.807, 2.05) is 34.6 Å². The maximum absolute atomic E-state index is 14.3. The molecule has 4 aliphatic rings. The molecular formula is C31H43IO8. The molecule has 0 unspecified atom stereocenters. The van der Waals surface area contributed by atoms with Crippen molar-refractivity contribution in [3.63, 3.8) is 0 Å². The number of alkyl halides is 1. The summed E-state index contributed by atoms with van der Waals surface area (Å²) in [6, 6.07) is 0. The van der Waals surface area contributed by atoms with Gasteiger partial charge in [-0.25, -0.2) is 0 Å². The lowest BCUT2D eigenvalue weighted by molar-refractivity contribution is -0.177. The number of hydrogen-bond donors (Lipinski definition) is 3. The van der Waals surface area contributed by atoms with Crippen molar-refractivity contribution in [3.8, 4) is 0 Å². The number of esters is 1. The van der Waals surface area contributed by atoms with Crippen LogP contribution < -0.4 is 0 Å². The van der Waals surface area contributed by atoms with Crippen LogP contribution in [0, 0.1) is 39.4 Å². The third-order valence-corrected chi connectivity index (χ3v) is 12.4. The average molecular weight is 671 g/mol. The van der Waals surface area contributed by atoms with E-state index in [1.165, 1.54) is 19.1 Å². The molecule has 8 nitrogen and oxygen atoms in total. The van der Waals surface area contributed by atoms with Gasteiger partial charge in [0.1, 0.15) is 17.5 Å². The van der Waals surface area contributed by atoms with E-state index in [9.17, 15) is 34.5 Å². The number of carbonyl (C=O) groups is 4. The zero-order chi connectivity index (χ0) is 30.4. The van der Waals surface area contributed by atoms with E-state index >= 15 is 0 Å². The Morgan fingerprint density at radius 3 is 2.27 bits per heavy atom. The van der Waals surface area contributed by atoms with Crippen LogP contribution in [0.5, 0.6) is 0 Å². The van der Waals surface area contributed by atoms with Crippen molar-refractivity contribution >= 4 is 45.9 Å². The molecule has 3 saturated carbocycles. The third-order valence-electron chi connectivity index (χ3n) is 11.2. The van der Waals surface area contributed by atoms with Gasteiger partial charge in [0.05, 0.1) is 6.10 Å². The van der Waals surface area contributed by atoms with Crippen molar-refractivity contribution in [2.45, 2.75) is 102 Å². The summed E-state index contributed by atoms with van der Waals surface area (Å²) in [5.74, 6) is -2.99. The van der Waals surface area contributed by atoms with Crippen LogP contribution >= 0.6 is 22.6 Å². The number of fused-ring (bicyclic) bond motifs is 5. The monoisotopic (exact) mass is 670 g/mol. The first kappa shape index (κ1) is 31.5. The van der Waals surface area contributed by atoms with Crippen molar-refractivity contribution in [2.24, 2.45) is 39.4 Å². The molecule has 222 valence electrons. The van der Waals surface area contributed by atoms with Crippen molar-refractivity contribution in [2.75, 3.05) is 0 Å². The lowest BCUT2D eigenvalue weighted by Crippen LogP contribution is -2.65. The normalized spacial score (nSPS) is 42.4. The Kier molecular flexibility index (Phi) is 7.51. The summed E-state index contributed by atoms with van der Waals surface area (Å²) in [5.41, 5.74) is -3.36. The molecule has 0 aromatic heterocycles. The molecule has 0 spiro atoms. The lowest BCUT2D eigenvalue weighted by atomic mass is 9.38. The minimum atomic E-state index is -2.02. The highest BCUT2D eigenvalue weighted by Crippen LogP contribution is 2.74. The first-order valence-electron chi connectivity index (χ1n) is 14.0. The van der Waals surface area contributed by atoms with Crippen molar-refractivity contribution in [1.29, 1.82) is 0 Å². The fourth-order valence-corrected chi connectivity index (χ4v) is 10.3. The quantitative estimate of drug-likeness (QED) is 0.132. The van der Waals surface area contributed by atoms with Gasteiger partial charge in [-0.3, -0.25) is 19.2 Å². The molecule has 0 saturated heterocycles. The Morgan fingerprint density at radius 1 is 1.10 bits per heavy atom. The number of halogens is 1. The Balaban J connectivity index is 1.75. The minimum absolute atomic E-state index is 0.0421. The van der Waals surface area contributed by atoms with Gasteiger partial charge >= 0.3 is 5.97 Å². The predicted octanol–water partition coefficient (Wildman–Crippen LogP) is 3.87. The summed E-state index contributed by atoms with van der Waals surface area (Å²) in [6.07, 6.45) is 3.47. The van der Waals surface area contributed by atoms with Crippen LogP contribution in [-0.4, -0.2) is 60.1 Å². The molecular weight excluding hydrogens is 627 g/mol. The van der Waals surface area contributed by atoms with E-state index < -0.39 is 60.7 Å². The summed E-state index contributed by atoms with van der Waals surface area (Å²) in [5, 5.41) is 33.9. The number of ketones is 3. The topological polar surface area (TPSA) is 138 Å². The second kappa shape index (κ2) is 9.54. The maximum atomic E-state index is 14.3. The van der Waals surface area contributed by atoms with Crippen LogP contribution in [0.3, 0.4) is 0 Å². The van der Waals surface area contributed by atoms with Gasteiger partial charge in [-0.1, -0.05) is 46.3 Å². The van der Waals surface area contributed by atoms with Gasteiger partial charge in [0.25, 0.3) is 0 Å². The number of aliphatic hydroxyl groups excluding tert-OH is 2. The number of carbonyl (C=O) groups excluding carboxylic acids is 4. The van der Waals surface area contributed by atoms with Gasteiger partial charge in [0.15, 0.2) is 15.2 Å². The van der Waals surface area contributed by atoms with E-state index in [-0.39, 0.29) is 36.2 Å². The largest absolute Gasteiger partial charge is 0.456 e. The summed E-state index contributed by atoms with van der Waals surface area (Å²) in [6.45, 7) is 14.1. The predicted molar refractivity (Wildman–Crippen MR) is 156 cm³/mol. The van der Waals surface area contributed by atoms with E-state index in [1.54, 1.807) is 36.4 Å². The van der Waals surface area contributed by atoms with Gasteiger partial charge < -0.3 is 20.1 Å². The zero-order valence-electron chi connectivity index (χ0n) is 24.7. The molecule has 0 amide bonds. The molecule has 3 fully saturated rings. The van der Waals surface area contributed by atoms with Crippen LogP contribution in [-0.2, 0) is 23.9 Å². The van der Waals surface area contributed by atoms with E-state index in [2.05, 4.69) is 6.08 Å². The highest BCUT2D eigenvalue weighted by atomic mass is 127. The van der Waals surface area contributed by atoms with Gasteiger partial charge in [-0.05, 0) is 84.1 Å². The average Bonchev–Trinajstić information content (AvgIpc) is 3.01. The number of hydrogen-bond acceptors (Lipinski definition) is 8. The fraction of sp³-hybridized carbons (Fsp3) is 0.742. The zero-order valence-corrected chi connectivity index (χ0v) is 26.9. The van der Waals surface area contributed by atoms with Crippen LogP contribution in [0.15, 0.2) is 23.8 Å². The maximum Gasteiger partial charge on any atom is 0.303 e. The molecule has 9 heteroatoms. The van der Waals surface area contributed by atoms with E-state index in [4.69, 9.17) is 4.74 Å². The van der Waals surface area contributed by atoms with Crippen molar-refractivity contribution in [3.05, 3.63) is 23.8 Å². The van der Waals surface area contributed by atoms with Gasteiger partial charge in [-0.15, -0.1) is 0 Å². The van der Waals surface area contributed by atoms with Crippen LogP contribution in [0.2, 0.25) is 0 Å². The molecule has 0 heterocycles. The van der Waals surface area contributed by atoms with Crippen molar-refractivity contribution in [1.82, 2.24) is 0 Å². The molecule has 40 heavy (non-hydrogen) atoms. The summed E-state index contributed by atoms with van der Waals surface area (Å²) >= 11 is 1.69. The number of ether oxygens (including phenoxy) is 1. The van der Waals surface area contributed by atoms with Gasteiger partial charge in [0, 0.05) is 36.5 Å². The first-order chi connectivity index (χ1) is 18.1. The Bertz CT molecular complexity index is 1210. The molecule has 0 aliphatic heterocycles. The molecule has 4 aliphatic carbocycles. The third kappa shape index (κ3) is 4.31. The van der Waals surface area contributed by atoms with Crippen LogP contribution in [0.1, 0.15) is 81.1 Å². The molecule has 4 rings (SSSR count). The van der Waals surface area contributed by atoms with Crippen LogP contribution in [0.25, 0.3) is 0 Å². The van der Waals surface area contributed by atoms with Gasteiger partial charge in [-0.2, -0.15) is 0 Å². The number of Topliss-reactive ketones (excluding diaryl/α,β-unsaturated/α-hetero) is 2. The Hall–Kier alpha value is -1.43. The second-order valence-corrected chi connectivity index (χ2v) is 16.0. The molecule has 3 N–H and O–H groups in total. The molecule has 0 aromatic carbocycles. The highest BCUT2D eigenvalue weighted by Gasteiger charge is 2.75. The molecule has 9 atom stereocenters. The molecule has 0 aromatic rings.